The Balaban J connectivity index is 1.66. The molecule has 0 radical (unpaired) electrons. The van der Waals surface area contributed by atoms with Gasteiger partial charge >= 0.3 is 0 Å². The van der Waals surface area contributed by atoms with Gasteiger partial charge in [-0.05, 0) is 42.4 Å². The summed E-state index contributed by atoms with van der Waals surface area (Å²) in [5, 5.41) is 17.5. The maximum Gasteiger partial charge on any atom is 0.151 e. The molecule has 2 N–H and O–H groups in total. The van der Waals surface area contributed by atoms with Gasteiger partial charge in [-0.3, -0.25) is 4.98 Å². The second-order valence-electron chi connectivity index (χ2n) is 10.1. The first-order valence-corrected chi connectivity index (χ1v) is 16.6. The van der Waals surface area contributed by atoms with Crippen LogP contribution in [-0.4, -0.2) is 48.7 Å². The first-order chi connectivity index (χ1) is 17.2. The Morgan fingerprint density at radius 1 is 1.06 bits per heavy atom. The zero-order chi connectivity index (χ0) is 25.7. The number of benzene rings is 1. The van der Waals surface area contributed by atoms with E-state index in [1.54, 1.807) is 24.6 Å². The number of hydrogen-bond donors (Lipinski definition) is 2. The van der Waals surface area contributed by atoms with Crippen LogP contribution in [0.5, 0.6) is 5.75 Å². The summed E-state index contributed by atoms with van der Waals surface area (Å²) >= 11 is 1.58. The molecule has 0 bridgehead atoms. The van der Waals surface area contributed by atoms with Crippen molar-refractivity contribution in [2.75, 3.05) is 31.1 Å². The van der Waals surface area contributed by atoms with E-state index in [2.05, 4.69) is 59.3 Å². The van der Waals surface area contributed by atoms with Crippen molar-refractivity contribution in [3.8, 4) is 16.3 Å². The summed E-state index contributed by atoms with van der Waals surface area (Å²) < 4.78 is 11.2. The summed E-state index contributed by atoms with van der Waals surface area (Å²) in [6.07, 6.45) is 1.78. The van der Waals surface area contributed by atoms with E-state index in [1.807, 2.05) is 36.4 Å². The van der Waals surface area contributed by atoms with E-state index in [9.17, 15) is 0 Å². The van der Waals surface area contributed by atoms with Gasteiger partial charge in [-0.1, -0.05) is 44.8 Å². The molecule has 4 rings (SSSR count). The Labute approximate surface area is 217 Å². The minimum Gasteiger partial charge on any atom is -0.497 e. The molecule has 0 saturated carbocycles. The minimum absolute atomic E-state index is 0.310. The van der Waals surface area contributed by atoms with Crippen LogP contribution in [0.25, 0.3) is 21.6 Å². The molecular formula is C26H34N6O2SSi. The first kappa shape index (κ1) is 26.0. The number of aromatic nitrogens is 4. The van der Waals surface area contributed by atoms with Crippen LogP contribution in [0.4, 0.5) is 17.2 Å². The number of ether oxygens (including phenoxy) is 2. The second-order valence-corrected chi connectivity index (χ2v) is 16.7. The van der Waals surface area contributed by atoms with Gasteiger partial charge in [0.15, 0.2) is 5.01 Å². The van der Waals surface area contributed by atoms with Gasteiger partial charge in [-0.2, -0.15) is 0 Å². The number of fused-ring (bicyclic) bond motifs is 1. The van der Waals surface area contributed by atoms with Gasteiger partial charge < -0.3 is 20.1 Å². The Bertz CT molecular complexity index is 1300. The highest BCUT2D eigenvalue weighted by atomic mass is 32.1. The fourth-order valence-corrected chi connectivity index (χ4v) is 5.06. The lowest BCUT2D eigenvalue weighted by Gasteiger charge is -2.17. The summed E-state index contributed by atoms with van der Waals surface area (Å²) in [5.74, 6) is 1.82. The van der Waals surface area contributed by atoms with Crippen LogP contribution in [0.15, 0.2) is 42.6 Å². The van der Waals surface area contributed by atoms with Crippen molar-refractivity contribution >= 4 is 47.6 Å². The second kappa shape index (κ2) is 11.3. The largest absolute Gasteiger partial charge is 0.497 e. The molecule has 1 aromatic carbocycles. The fraction of sp³-hybridized carbons (Fsp3) is 0.385. The summed E-state index contributed by atoms with van der Waals surface area (Å²) in [6, 6.07) is 12.8. The van der Waals surface area contributed by atoms with E-state index in [4.69, 9.17) is 14.5 Å². The maximum atomic E-state index is 5.92. The number of hydrogen-bond acceptors (Lipinski definition) is 9. The highest BCUT2D eigenvalue weighted by Crippen LogP contribution is 2.35. The minimum atomic E-state index is -1.15. The molecule has 0 fully saturated rings. The molecule has 0 aliphatic heterocycles. The number of methoxy groups -OCH3 is 1. The lowest BCUT2D eigenvalue weighted by Crippen LogP contribution is -2.22. The quantitative estimate of drug-likeness (QED) is 0.127. The molecule has 0 aliphatic carbocycles. The van der Waals surface area contributed by atoms with Crippen LogP contribution in [0.2, 0.25) is 25.7 Å². The summed E-state index contributed by atoms with van der Waals surface area (Å²) in [5.41, 5.74) is 4.20. The summed E-state index contributed by atoms with van der Waals surface area (Å²) in [7, 11) is 0.504. The highest BCUT2D eigenvalue weighted by molar-refractivity contribution is 7.14. The molecule has 0 amide bonds. The average Bonchev–Trinajstić information content (AvgIpc) is 3.34. The predicted molar refractivity (Wildman–Crippen MR) is 151 cm³/mol. The van der Waals surface area contributed by atoms with Crippen LogP contribution in [0.3, 0.4) is 0 Å². The Morgan fingerprint density at radius 2 is 1.83 bits per heavy atom. The molecule has 190 valence electrons. The SMILES string of the molecule is COc1ccc(Nc2ccnc3cc(-c4nnc(C(C)C)s4)c(NCOCC[Si](C)(C)C)nc23)cc1. The lowest BCUT2D eigenvalue weighted by atomic mass is 10.2. The molecule has 10 heteroatoms. The predicted octanol–water partition coefficient (Wildman–Crippen LogP) is 6.75. The average molecular weight is 523 g/mol. The van der Waals surface area contributed by atoms with Crippen molar-refractivity contribution < 1.29 is 9.47 Å². The van der Waals surface area contributed by atoms with Crippen molar-refractivity contribution in [1.82, 2.24) is 20.2 Å². The van der Waals surface area contributed by atoms with Crippen molar-refractivity contribution in [2.45, 2.75) is 45.5 Å². The van der Waals surface area contributed by atoms with Crippen LogP contribution in [0, 0.1) is 0 Å². The smallest absolute Gasteiger partial charge is 0.151 e. The Morgan fingerprint density at radius 3 is 2.50 bits per heavy atom. The van der Waals surface area contributed by atoms with Crippen LogP contribution >= 0.6 is 11.3 Å². The van der Waals surface area contributed by atoms with Gasteiger partial charge in [0.25, 0.3) is 0 Å². The Hall–Kier alpha value is -3.08. The molecule has 3 heterocycles. The van der Waals surface area contributed by atoms with Gasteiger partial charge in [0.05, 0.1) is 23.9 Å². The summed E-state index contributed by atoms with van der Waals surface area (Å²) in [6.45, 7) is 12.4. The van der Waals surface area contributed by atoms with Crippen molar-refractivity contribution in [2.24, 2.45) is 0 Å². The molecule has 4 aromatic rings. The van der Waals surface area contributed by atoms with Crippen LogP contribution in [0.1, 0.15) is 24.8 Å². The van der Waals surface area contributed by atoms with E-state index in [0.29, 0.717) is 18.5 Å². The fourth-order valence-electron chi connectivity index (χ4n) is 3.45. The van der Waals surface area contributed by atoms with Crippen LogP contribution < -0.4 is 15.4 Å². The van der Waals surface area contributed by atoms with Gasteiger partial charge in [-0.15, -0.1) is 10.2 Å². The molecule has 8 nitrogen and oxygen atoms in total. The third kappa shape index (κ3) is 6.57. The number of anilines is 3. The molecule has 0 spiro atoms. The standard InChI is InChI=1S/C26H34N6O2SSi/c1-17(2)25-31-32-26(35-25)20-15-22-23(30-24(20)28-16-34-13-14-36(4,5)6)21(11-12-27-22)29-18-7-9-19(33-3)10-8-18/h7-12,15,17H,13-14,16H2,1-6H3,(H,27,29)(H,28,30). The number of rotatable bonds is 11. The molecule has 0 atom stereocenters. The van der Waals surface area contributed by atoms with E-state index in [1.165, 1.54) is 0 Å². The summed E-state index contributed by atoms with van der Waals surface area (Å²) in [4.78, 5) is 9.58. The van der Waals surface area contributed by atoms with E-state index >= 15 is 0 Å². The molecule has 3 aromatic heterocycles. The number of nitrogens with zero attached hydrogens (tertiary/aromatic N) is 4. The molecular weight excluding hydrogens is 488 g/mol. The number of nitrogens with one attached hydrogen (secondary N) is 2. The molecule has 0 unspecified atom stereocenters. The molecule has 0 saturated heterocycles. The highest BCUT2D eigenvalue weighted by Gasteiger charge is 2.18. The van der Waals surface area contributed by atoms with Gasteiger partial charge in [0.2, 0.25) is 0 Å². The van der Waals surface area contributed by atoms with Gasteiger partial charge in [-0.25, -0.2) is 4.98 Å². The third-order valence-corrected chi connectivity index (χ3v) is 8.55. The maximum absolute atomic E-state index is 5.92. The van der Waals surface area contributed by atoms with Crippen molar-refractivity contribution in [1.29, 1.82) is 0 Å². The normalized spacial score (nSPS) is 11.8. The van der Waals surface area contributed by atoms with E-state index in [0.717, 1.165) is 56.4 Å². The molecule has 36 heavy (non-hydrogen) atoms. The van der Waals surface area contributed by atoms with Crippen molar-refractivity contribution in [3.05, 3.63) is 47.6 Å². The monoisotopic (exact) mass is 522 g/mol. The van der Waals surface area contributed by atoms with E-state index < -0.39 is 8.07 Å². The van der Waals surface area contributed by atoms with Gasteiger partial charge in [0, 0.05) is 32.5 Å². The number of pyridine rings is 2. The lowest BCUT2D eigenvalue weighted by molar-refractivity contribution is 0.165. The third-order valence-electron chi connectivity index (χ3n) is 5.58. The topological polar surface area (TPSA) is 94.1 Å². The Kier molecular flexibility index (Phi) is 8.17. The van der Waals surface area contributed by atoms with Crippen LogP contribution in [-0.2, 0) is 4.74 Å². The zero-order valence-corrected chi connectivity index (χ0v) is 23.6. The van der Waals surface area contributed by atoms with Crippen molar-refractivity contribution in [3.63, 3.8) is 0 Å². The van der Waals surface area contributed by atoms with Gasteiger partial charge in [0.1, 0.15) is 28.8 Å². The zero-order valence-electron chi connectivity index (χ0n) is 21.8. The van der Waals surface area contributed by atoms with E-state index in [-0.39, 0.29) is 0 Å². The first-order valence-electron chi connectivity index (χ1n) is 12.1. The molecule has 0 aliphatic rings.